The molecule has 0 bridgehead atoms. The van der Waals surface area contributed by atoms with E-state index in [1.807, 2.05) is 38.1 Å². The lowest BCUT2D eigenvalue weighted by Gasteiger charge is -2.24. The molecule has 1 heterocycles. The number of benzene rings is 1. The quantitative estimate of drug-likeness (QED) is 0.849. The van der Waals surface area contributed by atoms with Gasteiger partial charge in [-0.3, -0.25) is 0 Å². The fourth-order valence-corrected chi connectivity index (χ4v) is 2.07. The van der Waals surface area contributed by atoms with Crippen LogP contribution < -0.4 is 10.1 Å². The van der Waals surface area contributed by atoms with Gasteiger partial charge in [-0.15, -0.1) is 0 Å². The summed E-state index contributed by atoms with van der Waals surface area (Å²) in [4.78, 5) is 0. The largest absolute Gasteiger partial charge is 0.497 e. The van der Waals surface area contributed by atoms with Gasteiger partial charge < -0.3 is 24.6 Å². The Labute approximate surface area is 113 Å². The number of nitrogens with one attached hydrogen (secondary N) is 1. The maximum atomic E-state index is 9.50. The van der Waals surface area contributed by atoms with E-state index < -0.39 is 5.79 Å². The molecule has 0 saturated carbocycles. The van der Waals surface area contributed by atoms with Crippen LogP contribution in [-0.2, 0) is 9.47 Å². The van der Waals surface area contributed by atoms with E-state index >= 15 is 0 Å². The molecule has 2 N–H and O–H groups in total. The van der Waals surface area contributed by atoms with Crippen LogP contribution in [-0.4, -0.2) is 43.4 Å². The van der Waals surface area contributed by atoms with Gasteiger partial charge in [0.1, 0.15) is 11.9 Å². The molecule has 0 aromatic heterocycles. The number of methoxy groups -OCH3 is 1. The Balaban J connectivity index is 1.98. The molecule has 0 aliphatic carbocycles. The SMILES string of the molecule is COc1ccc(N[C@H](CO)[C@H]2COC(C)(C)O2)cc1. The van der Waals surface area contributed by atoms with Crippen molar-refractivity contribution in [2.24, 2.45) is 0 Å². The minimum atomic E-state index is -0.584. The molecule has 5 nitrogen and oxygen atoms in total. The number of hydrogen-bond acceptors (Lipinski definition) is 5. The van der Waals surface area contributed by atoms with Crippen molar-refractivity contribution in [3.05, 3.63) is 24.3 Å². The highest BCUT2D eigenvalue weighted by atomic mass is 16.7. The summed E-state index contributed by atoms with van der Waals surface area (Å²) in [6, 6.07) is 7.35. The Hall–Kier alpha value is -1.30. The van der Waals surface area contributed by atoms with E-state index in [0.717, 1.165) is 11.4 Å². The first kappa shape index (κ1) is 14.1. The summed E-state index contributed by atoms with van der Waals surface area (Å²) in [7, 11) is 1.63. The fourth-order valence-electron chi connectivity index (χ4n) is 2.07. The van der Waals surface area contributed by atoms with Crippen molar-refractivity contribution in [3.8, 4) is 5.75 Å². The molecule has 1 aromatic carbocycles. The predicted octanol–water partition coefficient (Wildman–Crippen LogP) is 1.62. The monoisotopic (exact) mass is 267 g/mol. The van der Waals surface area contributed by atoms with Gasteiger partial charge in [0.15, 0.2) is 5.79 Å². The van der Waals surface area contributed by atoms with E-state index in [2.05, 4.69) is 5.32 Å². The Morgan fingerprint density at radius 2 is 2.11 bits per heavy atom. The highest BCUT2D eigenvalue weighted by molar-refractivity contribution is 5.47. The van der Waals surface area contributed by atoms with Crippen molar-refractivity contribution in [2.45, 2.75) is 31.8 Å². The molecule has 106 valence electrons. The summed E-state index contributed by atoms with van der Waals surface area (Å²) in [5, 5.41) is 12.7. The van der Waals surface area contributed by atoms with Gasteiger partial charge in [0.2, 0.25) is 0 Å². The molecule has 0 radical (unpaired) electrons. The van der Waals surface area contributed by atoms with Crippen molar-refractivity contribution in [3.63, 3.8) is 0 Å². The third-order valence-electron chi connectivity index (χ3n) is 3.12. The van der Waals surface area contributed by atoms with Crippen molar-refractivity contribution < 1.29 is 19.3 Å². The van der Waals surface area contributed by atoms with E-state index in [1.165, 1.54) is 0 Å². The molecule has 1 saturated heterocycles. The van der Waals surface area contributed by atoms with Crippen LogP contribution in [0.1, 0.15) is 13.8 Å². The predicted molar refractivity (Wildman–Crippen MR) is 72.4 cm³/mol. The van der Waals surface area contributed by atoms with Gasteiger partial charge in [-0.05, 0) is 38.1 Å². The van der Waals surface area contributed by atoms with E-state index in [4.69, 9.17) is 14.2 Å². The number of ether oxygens (including phenoxy) is 3. The van der Waals surface area contributed by atoms with Gasteiger partial charge in [0.25, 0.3) is 0 Å². The Kier molecular flexibility index (Phi) is 4.29. The van der Waals surface area contributed by atoms with Gasteiger partial charge >= 0.3 is 0 Å². The van der Waals surface area contributed by atoms with Crippen molar-refractivity contribution in [1.82, 2.24) is 0 Å². The van der Waals surface area contributed by atoms with Crippen LogP contribution in [0.3, 0.4) is 0 Å². The van der Waals surface area contributed by atoms with Gasteiger partial charge in [-0.25, -0.2) is 0 Å². The first-order chi connectivity index (χ1) is 9.04. The number of anilines is 1. The third kappa shape index (κ3) is 3.59. The zero-order valence-corrected chi connectivity index (χ0v) is 11.6. The molecule has 1 aliphatic heterocycles. The second kappa shape index (κ2) is 5.77. The highest BCUT2D eigenvalue weighted by Crippen LogP contribution is 2.26. The van der Waals surface area contributed by atoms with E-state index in [-0.39, 0.29) is 18.8 Å². The molecule has 1 aromatic rings. The van der Waals surface area contributed by atoms with Crippen LogP contribution in [0.15, 0.2) is 24.3 Å². The number of aliphatic hydroxyl groups is 1. The molecule has 1 aliphatic rings. The fraction of sp³-hybridized carbons (Fsp3) is 0.571. The van der Waals surface area contributed by atoms with Crippen LogP contribution in [0.5, 0.6) is 5.75 Å². The molecule has 0 unspecified atom stereocenters. The summed E-state index contributed by atoms with van der Waals surface area (Å²) >= 11 is 0. The molecule has 1 fully saturated rings. The molecule has 2 rings (SSSR count). The molecule has 2 atom stereocenters. The van der Waals surface area contributed by atoms with Crippen molar-refractivity contribution in [2.75, 3.05) is 25.6 Å². The molecular formula is C14H21NO4. The topological polar surface area (TPSA) is 60.0 Å². The molecule has 19 heavy (non-hydrogen) atoms. The van der Waals surface area contributed by atoms with Crippen LogP contribution >= 0.6 is 0 Å². The zero-order valence-electron chi connectivity index (χ0n) is 11.6. The van der Waals surface area contributed by atoms with Crippen molar-refractivity contribution in [1.29, 1.82) is 0 Å². The minimum absolute atomic E-state index is 0.0177. The maximum Gasteiger partial charge on any atom is 0.163 e. The average Bonchev–Trinajstić information content (AvgIpc) is 2.77. The van der Waals surface area contributed by atoms with Crippen LogP contribution in [0.4, 0.5) is 5.69 Å². The van der Waals surface area contributed by atoms with E-state index in [1.54, 1.807) is 7.11 Å². The van der Waals surface area contributed by atoms with Crippen LogP contribution in [0.2, 0.25) is 0 Å². The van der Waals surface area contributed by atoms with Gasteiger partial charge in [0, 0.05) is 5.69 Å². The van der Waals surface area contributed by atoms with Gasteiger partial charge in [-0.1, -0.05) is 0 Å². The second-order valence-corrected chi connectivity index (χ2v) is 5.03. The minimum Gasteiger partial charge on any atom is -0.497 e. The Bertz CT molecular complexity index is 404. The normalized spacial score (nSPS) is 23.1. The molecule has 5 heteroatoms. The first-order valence-electron chi connectivity index (χ1n) is 6.37. The highest BCUT2D eigenvalue weighted by Gasteiger charge is 2.37. The third-order valence-corrected chi connectivity index (χ3v) is 3.12. The van der Waals surface area contributed by atoms with Crippen LogP contribution in [0, 0.1) is 0 Å². The smallest absolute Gasteiger partial charge is 0.163 e. The summed E-state index contributed by atoms with van der Waals surface area (Å²) in [5.41, 5.74) is 0.910. The molecular weight excluding hydrogens is 246 g/mol. The Morgan fingerprint density at radius 1 is 1.42 bits per heavy atom. The Morgan fingerprint density at radius 3 is 2.58 bits per heavy atom. The average molecular weight is 267 g/mol. The van der Waals surface area contributed by atoms with Gasteiger partial charge in [0.05, 0.1) is 26.4 Å². The summed E-state index contributed by atoms with van der Waals surface area (Å²) < 4.78 is 16.4. The first-order valence-corrected chi connectivity index (χ1v) is 6.37. The standard InChI is InChI=1S/C14H21NO4/c1-14(2)18-9-13(19-14)12(8-16)15-10-4-6-11(17-3)7-5-10/h4-7,12-13,15-16H,8-9H2,1-3H3/t12-,13-/m1/s1. The molecule has 0 amide bonds. The van der Waals surface area contributed by atoms with Crippen molar-refractivity contribution >= 4 is 5.69 Å². The lowest BCUT2D eigenvalue weighted by atomic mass is 10.1. The zero-order chi connectivity index (χ0) is 13.9. The maximum absolute atomic E-state index is 9.50. The number of hydrogen-bond donors (Lipinski definition) is 2. The van der Waals surface area contributed by atoms with E-state index in [9.17, 15) is 5.11 Å². The number of aliphatic hydroxyl groups excluding tert-OH is 1. The lowest BCUT2D eigenvalue weighted by Crippen LogP contribution is -2.39. The second-order valence-electron chi connectivity index (χ2n) is 5.03. The summed E-state index contributed by atoms with van der Waals surface area (Å²) in [6.07, 6.45) is -0.165. The van der Waals surface area contributed by atoms with Gasteiger partial charge in [-0.2, -0.15) is 0 Å². The summed E-state index contributed by atoms with van der Waals surface area (Å²) in [6.45, 7) is 4.20. The van der Waals surface area contributed by atoms with E-state index in [0.29, 0.717) is 6.61 Å². The molecule has 0 spiro atoms. The van der Waals surface area contributed by atoms with Crippen LogP contribution in [0.25, 0.3) is 0 Å². The lowest BCUT2D eigenvalue weighted by molar-refractivity contribution is -0.140. The number of rotatable bonds is 5. The summed E-state index contributed by atoms with van der Waals surface area (Å²) in [5.74, 6) is 0.215.